The standard InChI is InChI=1S/C17H29NO/c1-6-10-14-11-9-12-15(13-14)16(19)17(4,5)18(7-2)8-3/h9,11-13,16,19H,6-8,10H2,1-5H3. The van der Waals surface area contributed by atoms with Gasteiger partial charge in [0.15, 0.2) is 0 Å². The minimum absolute atomic E-state index is 0.242. The molecule has 1 rings (SSSR count). The normalized spacial score (nSPS) is 13.8. The van der Waals surface area contributed by atoms with Gasteiger partial charge in [-0.15, -0.1) is 0 Å². The summed E-state index contributed by atoms with van der Waals surface area (Å²) < 4.78 is 0. The largest absolute Gasteiger partial charge is 0.386 e. The fourth-order valence-electron chi connectivity index (χ4n) is 2.83. The van der Waals surface area contributed by atoms with E-state index in [0.717, 1.165) is 31.5 Å². The second-order valence-corrected chi connectivity index (χ2v) is 5.72. The number of aryl methyl sites for hydroxylation is 1. The lowest BCUT2D eigenvalue weighted by Crippen LogP contribution is -2.48. The maximum absolute atomic E-state index is 10.7. The summed E-state index contributed by atoms with van der Waals surface area (Å²) in [5, 5.41) is 10.7. The van der Waals surface area contributed by atoms with Crippen molar-refractivity contribution in [3.63, 3.8) is 0 Å². The molecule has 1 aromatic carbocycles. The van der Waals surface area contributed by atoms with Crippen molar-refractivity contribution in [2.75, 3.05) is 13.1 Å². The smallest absolute Gasteiger partial charge is 0.0968 e. The third-order valence-corrected chi connectivity index (χ3v) is 4.05. The molecule has 0 aliphatic heterocycles. The molecule has 2 heteroatoms. The van der Waals surface area contributed by atoms with E-state index in [1.807, 2.05) is 6.07 Å². The number of aliphatic hydroxyl groups excluding tert-OH is 1. The molecule has 0 saturated carbocycles. The number of likely N-dealkylation sites (N-methyl/N-ethyl adjacent to an activating group) is 1. The molecule has 0 amide bonds. The molecule has 2 nitrogen and oxygen atoms in total. The average Bonchev–Trinajstić information content (AvgIpc) is 2.39. The monoisotopic (exact) mass is 263 g/mol. The topological polar surface area (TPSA) is 23.5 Å². The van der Waals surface area contributed by atoms with E-state index in [1.54, 1.807) is 0 Å². The van der Waals surface area contributed by atoms with Gasteiger partial charge in [0.2, 0.25) is 0 Å². The van der Waals surface area contributed by atoms with Crippen LogP contribution in [0.5, 0.6) is 0 Å². The Morgan fingerprint density at radius 1 is 1.16 bits per heavy atom. The third-order valence-electron chi connectivity index (χ3n) is 4.05. The van der Waals surface area contributed by atoms with Gasteiger partial charge in [0.1, 0.15) is 0 Å². The number of benzene rings is 1. The maximum Gasteiger partial charge on any atom is 0.0968 e. The molecule has 0 fully saturated rings. The molecule has 0 saturated heterocycles. The fourth-order valence-corrected chi connectivity index (χ4v) is 2.83. The minimum atomic E-state index is -0.454. The van der Waals surface area contributed by atoms with Crippen molar-refractivity contribution in [1.29, 1.82) is 0 Å². The maximum atomic E-state index is 10.7. The van der Waals surface area contributed by atoms with E-state index < -0.39 is 6.10 Å². The predicted molar refractivity (Wildman–Crippen MR) is 82.4 cm³/mol. The van der Waals surface area contributed by atoms with Crippen molar-refractivity contribution in [2.24, 2.45) is 0 Å². The Hall–Kier alpha value is -0.860. The summed E-state index contributed by atoms with van der Waals surface area (Å²) in [6.45, 7) is 12.6. The van der Waals surface area contributed by atoms with Crippen LogP contribution in [0.1, 0.15) is 58.3 Å². The number of nitrogens with zero attached hydrogens (tertiary/aromatic N) is 1. The van der Waals surface area contributed by atoms with E-state index in [1.165, 1.54) is 5.56 Å². The molecule has 19 heavy (non-hydrogen) atoms. The van der Waals surface area contributed by atoms with Crippen molar-refractivity contribution in [3.8, 4) is 0 Å². The lowest BCUT2D eigenvalue weighted by atomic mass is 9.88. The van der Waals surface area contributed by atoms with Crippen LogP contribution in [0.25, 0.3) is 0 Å². The summed E-state index contributed by atoms with van der Waals surface area (Å²) in [6.07, 6.45) is 1.76. The van der Waals surface area contributed by atoms with Gasteiger partial charge in [-0.25, -0.2) is 0 Å². The molecule has 0 aliphatic rings. The fraction of sp³-hybridized carbons (Fsp3) is 0.647. The lowest BCUT2D eigenvalue weighted by molar-refractivity contribution is -0.00629. The van der Waals surface area contributed by atoms with Gasteiger partial charge < -0.3 is 5.11 Å². The van der Waals surface area contributed by atoms with Gasteiger partial charge in [0, 0.05) is 5.54 Å². The van der Waals surface area contributed by atoms with Crippen LogP contribution in [-0.4, -0.2) is 28.6 Å². The number of hydrogen-bond donors (Lipinski definition) is 1. The van der Waals surface area contributed by atoms with Gasteiger partial charge >= 0.3 is 0 Å². The predicted octanol–water partition coefficient (Wildman–Crippen LogP) is 3.79. The Labute approximate surface area is 118 Å². The van der Waals surface area contributed by atoms with Crippen LogP contribution in [0.15, 0.2) is 24.3 Å². The molecule has 1 N–H and O–H groups in total. The quantitative estimate of drug-likeness (QED) is 0.809. The van der Waals surface area contributed by atoms with Crippen molar-refractivity contribution < 1.29 is 5.11 Å². The number of hydrogen-bond acceptors (Lipinski definition) is 2. The van der Waals surface area contributed by atoms with E-state index in [-0.39, 0.29) is 5.54 Å². The van der Waals surface area contributed by atoms with Crippen molar-refractivity contribution in [3.05, 3.63) is 35.4 Å². The molecule has 0 spiro atoms. The summed E-state index contributed by atoms with van der Waals surface area (Å²) in [6, 6.07) is 8.39. The highest BCUT2D eigenvalue weighted by Gasteiger charge is 2.33. The van der Waals surface area contributed by atoms with Crippen molar-refractivity contribution in [2.45, 2.75) is 59.1 Å². The SMILES string of the molecule is CCCc1cccc(C(O)C(C)(C)N(CC)CC)c1. The average molecular weight is 263 g/mol. The molecular weight excluding hydrogens is 234 g/mol. The molecule has 0 radical (unpaired) electrons. The zero-order valence-electron chi connectivity index (χ0n) is 13.1. The molecule has 1 atom stereocenters. The van der Waals surface area contributed by atoms with Crippen LogP contribution in [0.4, 0.5) is 0 Å². The van der Waals surface area contributed by atoms with Crippen LogP contribution < -0.4 is 0 Å². The van der Waals surface area contributed by atoms with Gasteiger partial charge in [0.25, 0.3) is 0 Å². The Morgan fingerprint density at radius 3 is 2.32 bits per heavy atom. The number of rotatable bonds is 7. The molecular formula is C17H29NO. The summed E-state index contributed by atoms with van der Waals surface area (Å²) >= 11 is 0. The second kappa shape index (κ2) is 7.06. The zero-order valence-corrected chi connectivity index (χ0v) is 13.1. The van der Waals surface area contributed by atoms with Gasteiger partial charge in [0.05, 0.1) is 6.10 Å². The summed E-state index contributed by atoms with van der Waals surface area (Å²) in [4.78, 5) is 2.31. The minimum Gasteiger partial charge on any atom is -0.386 e. The van der Waals surface area contributed by atoms with Crippen LogP contribution in [0.2, 0.25) is 0 Å². The van der Waals surface area contributed by atoms with Crippen LogP contribution >= 0.6 is 0 Å². The Balaban J connectivity index is 2.97. The van der Waals surface area contributed by atoms with Crippen molar-refractivity contribution >= 4 is 0 Å². The molecule has 0 aromatic heterocycles. The van der Waals surface area contributed by atoms with E-state index in [9.17, 15) is 5.11 Å². The van der Waals surface area contributed by atoms with Crippen LogP contribution in [0, 0.1) is 0 Å². The first kappa shape index (κ1) is 16.2. The van der Waals surface area contributed by atoms with Gasteiger partial charge in [-0.05, 0) is 44.5 Å². The Bertz CT molecular complexity index is 383. The van der Waals surface area contributed by atoms with E-state index >= 15 is 0 Å². The van der Waals surface area contributed by atoms with Gasteiger partial charge in [-0.2, -0.15) is 0 Å². The van der Waals surface area contributed by atoms with Crippen LogP contribution in [0.3, 0.4) is 0 Å². The molecule has 108 valence electrons. The molecule has 1 unspecified atom stereocenters. The first-order chi connectivity index (χ1) is 8.97. The Kier molecular flexibility index (Phi) is 6.02. The molecule has 0 bridgehead atoms. The lowest BCUT2D eigenvalue weighted by Gasteiger charge is -2.41. The van der Waals surface area contributed by atoms with E-state index in [0.29, 0.717) is 0 Å². The summed E-state index contributed by atoms with van der Waals surface area (Å²) in [5.74, 6) is 0. The van der Waals surface area contributed by atoms with E-state index in [4.69, 9.17) is 0 Å². The molecule has 0 heterocycles. The third kappa shape index (κ3) is 3.80. The molecule has 1 aromatic rings. The molecule has 0 aliphatic carbocycles. The summed E-state index contributed by atoms with van der Waals surface area (Å²) in [5.41, 5.74) is 2.10. The highest BCUT2D eigenvalue weighted by Crippen LogP contribution is 2.31. The zero-order chi connectivity index (χ0) is 14.5. The van der Waals surface area contributed by atoms with E-state index in [2.05, 4.69) is 57.7 Å². The van der Waals surface area contributed by atoms with Gasteiger partial charge in [-0.1, -0.05) is 51.5 Å². The Morgan fingerprint density at radius 2 is 1.79 bits per heavy atom. The highest BCUT2D eigenvalue weighted by atomic mass is 16.3. The van der Waals surface area contributed by atoms with Crippen LogP contribution in [-0.2, 0) is 6.42 Å². The number of aliphatic hydroxyl groups is 1. The summed E-state index contributed by atoms with van der Waals surface area (Å²) in [7, 11) is 0. The van der Waals surface area contributed by atoms with Gasteiger partial charge in [-0.3, -0.25) is 4.90 Å². The highest BCUT2D eigenvalue weighted by molar-refractivity contribution is 5.27. The van der Waals surface area contributed by atoms with Crippen molar-refractivity contribution in [1.82, 2.24) is 4.90 Å². The second-order valence-electron chi connectivity index (χ2n) is 5.72. The first-order valence-corrected chi connectivity index (χ1v) is 7.49. The first-order valence-electron chi connectivity index (χ1n) is 7.49.